The Morgan fingerprint density at radius 2 is 1.96 bits per heavy atom. The third-order valence-electron chi connectivity index (χ3n) is 3.46. The number of aromatic amines is 1. The van der Waals surface area contributed by atoms with Gasteiger partial charge in [0.1, 0.15) is 10.5 Å². The van der Waals surface area contributed by atoms with Crippen LogP contribution < -0.4 is 4.72 Å². The number of halogens is 3. The van der Waals surface area contributed by atoms with Crippen LogP contribution in [0.2, 0.25) is 0 Å². The number of benzene rings is 1. The molecule has 26 heavy (non-hydrogen) atoms. The number of carboxylic acid groups (broad SMARTS) is 1. The summed E-state index contributed by atoms with van der Waals surface area (Å²) in [6, 6.07) is 4.74. The predicted octanol–water partition coefficient (Wildman–Crippen LogP) is 3.08. The first kappa shape index (κ1) is 17.7. The van der Waals surface area contributed by atoms with Crippen molar-refractivity contribution >= 4 is 32.7 Å². The molecule has 3 rings (SSSR count). The number of H-pyrrole nitrogens is 1. The average Bonchev–Trinajstić information content (AvgIpc) is 2.98. The molecule has 11 heteroatoms. The van der Waals surface area contributed by atoms with Crippen LogP contribution >= 0.6 is 0 Å². The van der Waals surface area contributed by atoms with Crippen molar-refractivity contribution in [3.8, 4) is 0 Å². The van der Waals surface area contributed by atoms with Crippen LogP contribution in [-0.2, 0) is 16.2 Å². The molecule has 2 heterocycles. The lowest BCUT2D eigenvalue weighted by molar-refractivity contribution is -0.137. The maximum Gasteiger partial charge on any atom is 0.416 e. The Morgan fingerprint density at radius 3 is 2.62 bits per heavy atom. The molecule has 1 aromatic carbocycles. The van der Waals surface area contributed by atoms with Gasteiger partial charge in [-0.2, -0.15) is 13.2 Å². The number of aromatic nitrogens is 2. The normalized spacial score (nSPS) is 12.3. The number of sulfonamides is 1. The summed E-state index contributed by atoms with van der Waals surface area (Å²) in [4.78, 5) is 17.4. The summed E-state index contributed by atoms with van der Waals surface area (Å²) in [6.45, 7) is 0. The van der Waals surface area contributed by atoms with E-state index in [0.29, 0.717) is 12.1 Å². The van der Waals surface area contributed by atoms with Crippen LogP contribution in [0.3, 0.4) is 0 Å². The van der Waals surface area contributed by atoms with Crippen LogP contribution in [0, 0.1) is 0 Å². The lowest BCUT2D eigenvalue weighted by Gasteiger charge is -2.12. The van der Waals surface area contributed by atoms with E-state index in [9.17, 15) is 26.4 Å². The van der Waals surface area contributed by atoms with Crippen LogP contribution in [0.5, 0.6) is 0 Å². The fraction of sp³-hybridized carbons (Fsp3) is 0.0667. The molecule has 0 fully saturated rings. The van der Waals surface area contributed by atoms with E-state index in [1.54, 1.807) is 0 Å². The Bertz CT molecular complexity index is 1110. The van der Waals surface area contributed by atoms with Crippen molar-refractivity contribution in [2.75, 3.05) is 4.72 Å². The molecular formula is C15H10F3N3O4S. The van der Waals surface area contributed by atoms with Gasteiger partial charge in [0.05, 0.1) is 16.8 Å². The highest BCUT2D eigenvalue weighted by molar-refractivity contribution is 7.93. The number of hydrogen-bond donors (Lipinski definition) is 3. The zero-order chi connectivity index (χ0) is 19.1. The molecule has 0 spiro atoms. The number of fused-ring (bicyclic) bond motifs is 1. The van der Waals surface area contributed by atoms with E-state index in [1.807, 2.05) is 4.72 Å². The molecule has 0 aliphatic rings. The predicted molar refractivity (Wildman–Crippen MR) is 85.3 cm³/mol. The van der Waals surface area contributed by atoms with E-state index in [4.69, 9.17) is 5.11 Å². The second-order valence-electron chi connectivity index (χ2n) is 5.26. The summed E-state index contributed by atoms with van der Waals surface area (Å²) in [7, 11) is -4.28. The second-order valence-corrected chi connectivity index (χ2v) is 6.91. The van der Waals surface area contributed by atoms with Crippen molar-refractivity contribution in [2.45, 2.75) is 11.1 Å². The summed E-state index contributed by atoms with van der Waals surface area (Å²) in [5.74, 6) is -1.62. The minimum absolute atomic E-state index is 0.227. The van der Waals surface area contributed by atoms with Crippen molar-refractivity contribution in [1.82, 2.24) is 9.97 Å². The molecule has 3 N–H and O–H groups in total. The van der Waals surface area contributed by atoms with E-state index in [0.717, 1.165) is 12.3 Å². The molecule has 7 nitrogen and oxygen atoms in total. The number of hydrogen-bond acceptors (Lipinski definition) is 4. The van der Waals surface area contributed by atoms with Gasteiger partial charge in [-0.3, -0.25) is 4.72 Å². The smallest absolute Gasteiger partial charge is 0.416 e. The molecule has 0 saturated heterocycles. The number of carboxylic acids is 1. The number of carbonyl (C=O) groups is 1. The summed E-state index contributed by atoms with van der Waals surface area (Å²) >= 11 is 0. The van der Waals surface area contributed by atoms with Crippen LogP contribution in [0.1, 0.15) is 15.9 Å². The van der Waals surface area contributed by atoms with Crippen LogP contribution in [0.25, 0.3) is 11.0 Å². The first-order chi connectivity index (χ1) is 12.1. The topological polar surface area (TPSA) is 112 Å². The van der Waals surface area contributed by atoms with E-state index in [2.05, 4.69) is 9.97 Å². The Balaban J connectivity index is 2.07. The van der Waals surface area contributed by atoms with Gasteiger partial charge in [-0.25, -0.2) is 18.2 Å². The monoisotopic (exact) mass is 385 g/mol. The number of nitrogens with zero attached hydrogens (tertiary/aromatic N) is 1. The Morgan fingerprint density at radius 1 is 1.23 bits per heavy atom. The fourth-order valence-corrected chi connectivity index (χ4v) is 3.54. The van der Waals surface area contributed by atoms with E-state index in [1.165, 1.54) is 18.3 Å². The molecular weight excluding hydrogens is 375 g/mol. The van der Waals surface area contributed by atoms with Crippen molar-refractivity contribution in [3.05, 3.63) is 53.9 Å². The largest absolute Gasteiger partial charge is 0.478 e. The lowest BCUT2D eigenvalue weighted by atomic mass is 10.1. The molecule has 0 atom stereocenters. The highest BCUT2D eigenvalue weighted by Crippen LogP contribution is 2.33. The first-order valence-corrected chi connectivity index (χ1v) is 8.47. The fourth-order valence-electron chi connectivity index (χ4n) is 2.34. The maximum atomic E-state index is 12.9. The average molecular weight is 385 g/mol. The van der Waals surface area contributed by atoms with Crippen molar-refractivity contribution in [1.29, 1.82) is 0 Å². The zero-order valence-corrected chi connectivity index (χ0v) is 13.5. The summed E-state index contributed by atoms with van der Waals surface area (Å²) in [5, 5.41) is 9.21. The zero-order valence-electron chi connectivity index (χ0n) is 12.7. The minimum atomic E-state index is -4.84. The minimum Gasteiger partial charge on any atom is -0.478 e. The van der Waals surface area contributed by atoms with Crippen molar-refractivity contribution < 1.29 is 31.5 Å². The Labute approximate surface area is 144 Å². The van der Waals surface area contributed by atoms with Crippen LogP contribution in [-0.4, -0.2) is 29.5 Å². The van der Waals surface area contributed by atoms with Gasteiger partial charge in [0.25, 0.3) is 10.0 Å². The SMILES string of the molecule is O=C(O)c1cc(NS(=O)(=O)c2c[nH]c3ncccc23)cc(C(F)(F)F)c1. The van der Waals surface area contributed by atoms with Crippen LogP contribution in [0.15, 0.2) is 47.6 Å². The molecule has 0 aliphatic heterocycles. The van der Waals surface area contributed by atoms with Gasteiger partial charge in [0.2, 0.25) is 0 Å². The van der Waals surface area contributed by atoms with Crippen LogP contribution in [0.4, 0.5) is 18.9 Å². The molecule has 0 radical (unpaired) electrons. The van der Waals surface area contributed by atoms with E-state index in [-0.39, 0.29) is 15.9 Å². The molecule has 2 aromatic heterocycles. The van der Waals surface area contributed by atoms with Crippen molar-refractivity contribution in [3.63, 3.8) is 0 Å². The van der Waals surface area contributed by atoms with Crippen molar-refractivity contribution in [2.24, 2.45) is 0 Å². The molecule has 3 aromatic rings. The summed E-state index contributed by atoms with van der Waals surface area (Å²) in [6.07, 6.45) is -2.25. The van der Waals surface area contributed by atoms with Gasteiger partial charge >= 0.3 is 12.1 Å². The Hall–Kier alpha value is -3.08. The van der Waals surface area contributed by atoms with Gasteiger partial charge in [0.15, 0.2) is 0 Å². The highest BCUT2D eigenvalue weighted by atomic mass is 32.2. The summed E-state index contributed by atoms with van der Waals surface area (Å²) < 4.78 is 65.9. The van der Waals surface area contributed by atoms with E-state index >= 15 is 0 Å². The molecule has 0 unspecified atom stereocenters. The molecule has 0 saturated carbocycles. The number of aromatic carboxylic acids is 1. The molecule has 0 aliphatic carbocycles. The number of anilines is 1. The molecule has 136 valence electrons. The number of rotatable bonds is 4. The van der Waals surface area contributed by atoms with Gasteiger partial charge in [-0.05, 0) is 30.3 Å². The van der Waals surface area contributed by atoms with E-state index < -0.39 is 39.0 Å². The van der Waals surface area contributed by atoms with Gasteiger partial charge < -0.3 is 10.1 Å². The highest BCUT2D eigenvalue weighted by Gasteiger charge is 2.32. The third kappa shape index (κ3) is 3.33. The third-order valence-corrected chi connectivity index (χ3v) is 4.88. The lowest BCUT2D eigenvalue weighted by Crippen LogP contribution is -2.15. The van der Waals surface area contributed by atoms with Gasteiger partial charge in [0, 0.05) is 17.8 Å². The second kappa shape index (κ2) is 6.02. The Kier molecular flexibility index (Phi) is 4.11. The first-order valence-electron chi connectivity index (χ1n) is 6.98. The molecule has 0 amide bonds. The number of alkyl halides is 3. The quantitative estimate of drug-likeness (QED) is 0.639. The van der Waals surface area contributed by atoms with Gasteiger partial charge in [-0.1, -0.05) is 0 Å². The van der Waals surface area contributed by atoms with Gasteiger partial charge in [-0.15, -0.1) is 0 Å². The standard InChI is InChI=1S/C15H10F3N3O4S/c16-15(17,18)9-4-8(14(22)23)5-10(6-9)21-26(24,25)12-7-20-13-11(12)2-1-3-19-13/h1-7,21H,(H,19,20)(H,22,23). The maximum absolute atomic E-state index is 12.9. The number of nitrogens with one attached hydrogen (secondary N) is 2. The number of pyridine rings is 1. The summed E-state index contributed by atoms with van der Waals surface area (Å²) in [5.41, 5.74) is -2.22. The molecule has 0 bridgehead atoms.